The highest BCUT2D eigenvalue weighted by Gasteiger charge is 2.16. The molecule has 0 bridgehead atoms. The number of aromatic hydroxyl groups is 1. The van der Waals surface area contributed by atoms with Crippen LogP contribution in [0.3, 0.4) is 0 Å². The van der Waals surface area contributed by atoms with Crippen molar-refractivity contribution < 1.29 is 5.11 Å². The monoisotopic (exact) mass is 292 g/mol. The summed E-state index contributed by atoms with van der Waals surface area (Å²) in [5.41, 5.74) is 0. The van der Waals surface area contributed by atoms with Crippen molar-refractivity contribution in [3.05, 3.63) is 30.5 Å². The van der Waals surface area contributed by atoms with E-state index in [4.69, 9.17) is 11.6 Å². The Hall–Kier alpha value is -1.48. The van der Waals surface area contributed by atoms with Crippen LogP contribution < -0.4 is 5.32 Å². The number of pyridine rings is 1. The zero-order chi connectivity index (χ0) is 14.5. The van der Waals surface area contributed by atoms with Crippen LogP contribution in [0.15, 0.2) is 30.5 Å². The molecular weight excluding hydrogens is 272 g/mol. The van der Waals surface area contributed by atoms with Gasteiger partial charge in [-0.25, -0.2) is 4.98 Å². The van der Waals surface area contributed by atoms with Crippen molar-refractivity contribution in [2.75, 3.05) is 11.9 Å². The molecule has 4 heteroatoms. The largest absolute Gasteiger partial charge is 0.508 e. The van der Waals surface area contributed by atoms with E-state index in [0.717, 1.165) is 29.4 Å². The van der Waals surface area contributed by atoms with Gasteiger partial charge in [-0.3, -0.25) is 0 Å². The molecule has 1 atom stereocenters. The number of phenols is 1. The molecule has 1 aromatic heterocycles. The van der Waals surface area contributed by atoms with Gasteiger partial charge in [0, 0.05) is 18.1 Å². The zero-order valence-corrected chi connectivity index (χ0v) is 12.7. The molecule has 1 heterocycles. The fourth-order valence-electron chi connectivity index (χ4n) is 2.46. The van der Waals surface area contributed by atoms with E-state index in [9.17, 15) is 5.11 Å². The Morgan fingerprint density at radius 3 is 2.70 bits per heavy atom. The third-order valence-electron chi connectivity index (χ3n) is 3.77. The van der Waals surface area contributed by atoms with E-state index < -0.39 is 0 Å². The number of halogens is 1. The number of hydrogen-bond donors (Lipinski definition) is 2. The third-order valence-corrected chi connectivity index (χ3v) is 4.29. The van der Waals surface area contributed by atoms with Crippen molar-refractivity contribution in [2.24, 2.45) is 5.92 Å². The molecule has 108 valence electrons. The first kappa shape index (κ1) is 14.9. The molecule has 0 amide bonds. The van der Waals surface area contributed by atoms with E-state index in [1.54, 1.807) is 18.3 Å². The highest BCUT2D eigenvalue weighted by atomic mass is 35.5. The highest BCUT2D eigenvalue weighted by molar-refractivity contribution is 6.21. The van der Waals surface area contributed by atoms with Crippen molar-refractivity contribution in [1.29, 1.82) is 0 Å². The number of nitrogens with zero attached hydrogens (tertiary/aromatic N) is 1. The first-order valence-electron chi connectivity index (χ1n) is 7.11. The molecule has 1 unspecified atom stereocenters. The van der Waals surface area contributed by atoms with E-state index in [1.165, 1.54) is 0 Å². The number of benzene rings is 1. The number of hydrogen-bond acceptors (Lipinski definition) is 3. The number of nitrogens with one attached hydrogen (secondary N) is 1. The lowest BCUT2D eigenvalue weighted by molar-refractivity contribution is 0.475. The predicted molar refractivity (Wildman–Crippen MR) is 85.6 cm³/mol. The molecule has 0 aliphatic heterocycles. The summed E-state index contributed by atoms with van der Waals surface area (Å²) < 4.78 is 0. The first-order chi connectivity index (χ1) is 9.65. The predicted octanol–water partition coefficient (Wildman–Crippen LogP) is 4.40. The second-order valence-corrected chi connectivity index (χ2v) is 5.60. The molecule has 0 spiro atoms. The fourth-order valence-corrected chi connectivity index (χ4v) is 2.89. The van der Waals surface area contributed by atoms with Gasteiger partial charge in [0.25, 0.3) is 0 Å². The molecule has 1 aromatic carbocycles. The van der Waals surface area contributed by atoms with Crippen molar-refractivity contribution >= 4 is 28.2 Å². The number of anilines is 1. The number of phenolic OH excluding ortho intramolecular Hbond substituents is 1. The van der Waals surface area contributed by atoms with Gasteiger partial charge in [-0.2, -0.15) is 0 Å². The molecular formula is C16H21ClN2O. The van der Waals surface area contributed by atoms with Crippen LogP contribution in [0.4, 0.5) is 5.82 Å². The van der Waals surface area contributed by atoms with Gasteiger partial charge in [0.2, 0.25) is 0 Å². The van der Waals surface area contributed by atoms with Crippen LogP contribution in [0.5, 0.6) is 5.75 Å². The van der Waals surface area contributed by atoms with Gasteiger partial charge in [-0.15, -0.1) is 11.6 Å². The maximum Gasteiger partial charge on any atom is 0.134 e. The first-order valence-corrected chi connectivity index (χ1v) is 7.55. The molecule has 0 saturated carbocycles. The van der Waals surface area contributed by atoms with Crippen LogP contribution in [0.2, 0.25) is 0 Å². The quantitative estimate of drug-likeness (QED) is 0.776. The molecule has 3 nitrogen and oxygen atoms in total. The maximum atomic E-state index is 9.61. The van der Waals surface area contributed by atoms with E-state index in [0.29, 0.717) is 12.5 Å². The minimum Gasteiger partial charge on any atom is -0.508 e. The van der Waals surface area contributed by atoms with E-state index >= 15 is 0 Å². The van der Waals surface area contributed by atoms with Crippen LogP contribution in [0.1, 0.15) is 26.7 Å². The summed E-state index contributed by atoms with van der Waals surface area (Å²) in [6.07, 6.45) is 3.92. The van der Waals surface area contributed by atoms with Crippen LogP contribution in [-0.2, 0) is 0 Å². The lowest BCUT2D eigenvalue weighted by Crippen LogP contribution is -2.23. The standard InChI is InChI=1S/C16H21ClN2O/c1-3-11(4-2)15(17)10-19-16-14-9-13(20)6-5-12(14)7-8-18-16/h5-9,11,15,20H,3-4,10H2,1-2H3,(H,18,19). The van der Waals surface area contributed by atoms with Gasteiger partial charge in [0.15, 0.2) is 0 Å². The van der Waals surface area contributed by atoms with E-state index in [-0.39, 0.29) is 11.1 Å². The molecule has 20 heavy (non-hydrogen) atoms. The Kier molecular flexibility index (Phi) is 5.07. The molecule has 0 saturated heterocycles. The third kappa shape index (κ3) is 3.34. The minimum atomic E-state index is 0.0827. The topological polar surface area (TPSA) is 45.2 Å². The van der Waals surface area contributed by atoms with Crippen LogP contribution in [0.25, 0.3) is 10.8 Å². The van der Waals surface area contributed by atoms with Gasteiger partial charge in [-0.05, 0) is 29.5 Å². The van der Waals surface area contributed by atoms with Gasteiger partial charge in [0.05, 0.1) is 5.38 Å². The normalized spacial score (nSPS) is 12.8. The lowest BCUT2D eigenvalue weighted by atomic mass is 9.99. The average Bonchev–Trinajstić information content (AvgIpc) is 2.46. The molecule has 0 radical (unpaired) electrons. The Bertz CT molecular complexity index is 569. The summed E-state index contributed by atoms with van der Waals surface area (Å²) in [4.78, 5) is 4.35. The van der Waals surface area contributed by atoms with Gasteiger partial charge in [-0.1, -0.05) is 32.8 Å². The summed E-state index contributed by atoms with van der Waals surface area (Å²) in [6, 6.07) is 7.22. The van der Waals surface area contributed by atoms with Gasteiger partial charge >= 0.3 is 0 Å². The smallest absolute Gasteiger partial charge is 0.134 e. The Balaban J connectivity index is 2.15. The number of aromatic nitrogens is 1. The molecule has 2 aromatic rings. The maximum absolute atomic E-state index is 9.61. The van der Waals surface area contributed by atoms with Crippen molar-refractivity contribution in [1.82, 2.24) is 4.98 Å². The second-order valence-electron chi connectivity index (χ2n) is 5.04. The summed E-state index contributed by atoms with van der Waals surface area (Å²) in [5.74, 6) is 1.53. The summed E-state index contributed by atoms with van der Waals surface area (Å²) in [6.45, 7) is 5.01. The zero-order valence-electron chi connectivity index (χ0n) is 11.9. The van der Waals surface area contributed by atoms with Gasteiger partial charge < -0.3 is 10.4 Å². The molecule has 0 aliphatic carbocycles. The highest BCUT2D eigenvalue weighted by Crippen LogP contribution is 2.26. The van der Waals surface area contributed by atoms with E-state index in [2.05, 4.69) is 24.1 Å². The Labute approximate surface area is 125 Å². The average molecular weight is 293 g/mol. The van der Waals surface area contributed by atoms with Crippen molar-refractivity contribution in [2.45, 2.75) is 32.1 Å². The second kappa shape index (κ2) is 6.80. The summed E-state index contributed by atoms with van der Waals surface area (Å²) in [5, 5.41) is 15.0. The molecule has 2 N–H and O–H groups in total. The minimum absolute atomic E-state index is 0.0827. The van der Waals surface area contributed by atoms with E-state index in [1.807, 2.05) is 12.1 Å². The lowest BCUT2D eigenvalue weighted by Gasteiger charge is -2.20. The van der Waals surface area contributed by atoms with Crippen molar-refractivity contribution in [3.8, 4) is 5.75 Å². The van der Waals surface area contributed by atoms with Crippen molar-refractivity contribution in [3.63, 3.8) is 0 Å². The molecule has 0 aliphatic rings. The summed E-state index contributed by atoms with van der Waals surface area (Å²) in [7, 11) is 0. The molecule has 0 fully saturated rings. The van der Waals surface area contributed by atoms with Gasteiger partial charge in [0.1, 0.15) is 11.6 Å². The van der Waals surface area contributed by atoms with Crippen LogP contribution in [-0.4, -0.2) is 22.0 Å². The van der Waals surface area contributed by atoms with Crippen LogP contribution >= 0.6 is 11.6 Å². The SMILES string of the molecule is CCC(CC)C(Cl)CNc1nccc2ccc(O)cc12. The van der Waals surface area contributed by atoms with Crippen LogP contribution in [0, 0.1) is 5.92 Å². The fraction of sp³-hybridized carbons (Fsp3) is 0.438. The Morgan fingerprint density at radius 1 is 1.25 bits per heavy atom. The number of fused-ring (bicyclic) bond motifs is 1. The summed E-state index contributed by atoms with van der Waals surface area (Å²) >= 11 is 6.44. The number of alkyl halides is 1. The molecule has 2 rings (SSSR count). The Morgan fingerprint density at radius 2 is 2.00 bits per heavy atom. The number of rotatable bonds is 6.